The van der Waals surface area contributed by atoms with Crippen molar-refractivity contribution in [2.45, 2.75) is 44.6 Å². The largest absolute Gasteiger partial charge is 0.337 e. The van der Waals surface area contributed by atoms with Gasteiger partial charge in [0, 0.05) is 13.1 Å². The van der Waals surface area contributed by atoms with Crippen LogP contribution in [0.3, 0.4) is 0 Å². The Balaban J connectivity index is 2.03. The highest BCUT2D eigenvalue weighted by Gasteiger charge is 2.24. The molecule has 0 aromatic carbocycles. The van der Waals surface area contributed by atoms with Gasteiger partial charge in [-0.05, 0) is 24.4 Å². The molecule has 1 fully saturated rings. The second kappa shape index (κ2) is 5.78. The molecule has 0 N–H and O–H groups in total. The van der Waals surface area contributed by atoms with Gasteiger partial charge in [-0.2, -0.15) is 0 Å². The third-order valence-corrected chi connectivity index (χ3v) is 4.28. The summed E-state index contributed by atoms with van der Waals surface area (Å²) in [7, 11) is 1.85. The molecule has 1 heterocycles. The molecule has 0 unspecified atom stereocenters. The zero-order chi connectivity index (χ0) is 12.3. The van der Waals surface area contributed by atoms with Crippen molar-refractivity contribution in [3.8, 4) is 0 Å². The minimum atomic E-state index is -0.0544. The molecule has 1 saturated carbocycles. The molecule has 1 aromatic heterocycles. The van der Waals surface area contributed by atoms with Gasteiger partial charge in [0.1, 0.15) is 0 Å². The number of hydrogen-bond donors (Lipinski definition) is 0. The molecular weight excluding hydrogens is 258 g/mol. The van der Waals surface area contributed by atoms with E-state index in [1.165, 1.54) is 25.7 Å². The van der Waals surface area contributed by atoms with Crippen molar-refractivity contribution in [2.75, 3.05) is 7.05 Å². The molecule has 0 spiro atoms. The quantitative estimate of drug-likeness (QED) is 0.778. The van der Waals surface area contributed by atoms with E-state index >= 15 is 0 Å². The maximum Gasteiger partial charge on any atom is 0.284 e. The number of carbonyl (C=O) groups is 1. The van der Waals surface area contributed by atoms with Crippen LogP contribution < -0.4 is 0 Å². The van der Waals surface area contributed by atoms with Gasteiger partial charge >= 0.3 is 0 Å². The van der Waals surface area contributed by atoms with E-state index in [-0.39, 0.29) is 5.91 Å². The predicted molar refractivity (Wildman–Crippen MR) is 68.5 cm³/mol. The van der Waals surface area contributed by atoms with E-state index in [4.69, 9.17) is 11.6 Å². The fourth-order valence-corrected chi connectivity index (χ4v) is 3.06. The van der Waals surface area contributed by atoms with Crippen LogP contribution in [0.1, 0.15) is 48.3 Å². The molecule has 2 rings (SSSR count). The van der Waals surface area contributed by atoms with Gasteiger partial charge < -0.3 is 4.90 Å². The first-order valence-corrected chi connectivity index (χ1v) is 7.14. The lowest BCUT2D eigenvalue weighted by atomic mass is 10.1. The Kier molecular flexibility index (Phi) is 4.34. The topological polar surface area (TPSA) is 46.1 Å². The lowest BCUT2D eigenvalue weighted by Gasteiger charge is -2.26. The Bertz CT molecular complexity index is 388. The van der Waals surface area contributed by atoms with Gasteiger partial charge in [-0.25, -0.2) is 0 Å². The summed E-state index contributed by atoms with van der Waals surface area (Å²) >= 11 is 6.84. The van der Waals surface area contributed by atoms with Gasteiger partial charge in [0.2, 0.25) is 9.47 Å². The second-order valence-corrected chi connectivity index (χ2v) is 5.98. The van der Waals surface area contributed by atoms with Crippen LogP contribution in [0.2, 0.25) is 4.47 Å². The number of rotatable bonds is 2. The number of hydrogen-bond acceptors (Lipinski definition) is 4. The normalized spacial score (nSPS) is 17.8. The van der Waals surface area contributed by atoms with Crippen molar-refractivity contribution in [2.24, 2.45) is 0 Å². The number of amides is 1. The summed E-state index contributed by atoms with van der Waals surface area (Å²) in [5, 5.41) is 7.86. The Morgan fingerprint density at radius 2 is 1.94 bits per heavy atom. The van der Waals surface area contributed by atoms with Crippen LogP contribution in [0, 0.1) is 0 Å². The zero-order valence-corrected chi connectivity index (χ0v) is 11.4. The first-order valence-electron chi connectivity index (χ1n) is 5.94. The maximum atomic E-state index is 12.1. The summed E-state index contributed by atoms with van der Waals surface area (Å²) in [6.07, 6.45) is 7.16. The third kappa shape index (κ3) is 3.16. The fourth-order valence-electron chi connectivity index (χ4n) is 2.25. The maximum absolute atomic E-state index is 12.1. The van der Waals surface area contributed by atoms with E-state index in [9.17, 15) is 4.79 Å². The number of aromatic nitrogens is 2. The van der Waals surface area contributed by atoms with Crippen LogP contribution in [0.5, 0.6) is 0 Å². The van der Waals surface area contributed by atoms with Crippen LogP contribution >= 0.6 is 22.9 Å². The van der Waals surface area contributed by atoms with E-state index in [1.807, 2.05) is 11.9 Å². The van der Waals surface area contributed by atoms with Crippen molar-refractivity contribution in [1.82, 2.24) is 15.1 Å². The molecule has 0 atom stereocenters. The first-order chi connectivity index (χ1) is 8.18. The van der Waals surface area contributed by atoms with Crippen molar-refractivity contribution in [1.29, 1.82) is 0 Å². The van der Waals surface area contributed by atoms with Crippen LogP contribution in [-0.2, 0) is 0 Å². The average Bonchev–Trinajstić information content (AvgIpc) is 2.60. The summed E-state index contributed by atoms with van der Waals surface area (Å²) in [4.78, 5) is 14.0. The number of nitrogens with zero attached hydrogens (tertiary/aromatic N) is 3. The molecule has 0 radical (unpaired) electrons. The van der Waals surface area contributed by atoms with Crippen LogP contribution in [-0.4, -0.2) is 34.1 Å². The van der Waals surface area contributed by atoms with Gasteiger partial charge in [0.15, 0.2) is 0 Å². The molecule has 0 bridgehead atoms. The summed E-state index contributed by atoms with van der Waals surface area (Å²) in [6, 6.07) is 0.340. The second-order valence-electron chi connectivity index (χ2n) is 4.42. The van der Waals surface area contributed by atoms with E-state index in [0.29, 0.717) is 15.5 Å². The molecular formula is C11H16ClN3OS. The molecule has 94 valence electrons. The Morgan fingerprint density at radius 3 is 2.47 bits per heavy atom. The summed E-state index contributed by atoms with van der Waals surface area (Å²) < 4.78 is 0.322. The van der Waals surface area contributed by atoms with E-state index in [0.717, 1.165) is 24.2 Å². The lowest BCUT2D eigenvalue weighted by molar-refractivity contribution is 0.0716. The third-order valence-electron chi connectivity index (χ3n) is 3.28. The highest BCUT2D eigenvalue weighted by atomic mass is 35.5. The van der Waals surface area contributed by atoms with E-state index in [2.05, 4.69) is 10.2 Å². The first kappa shape index (κ1) is 12.8. The summed E-state index contributed by atoms with van der Waals surface area (Å²) in [6.45, 7) is 0. The minimum absolute atomic E-state index is 0.0544. The molecule has 1 amide bonds. The predicted octanol–water partition coefficient (Wildman–Crippen LogP) is 2.99. The molecule has 1 aliphatic rings. The van der Waals surface area contributed by atoms with Crippen LogP contribution in [0.25, 0.3) is 0 Å². The smallest absolute Gasteiger partial charge is 0.284 e. The molecule has 1 aromatic rings. The molecule has 0 aliphatic heterocycles. The highest BCUT2D eigenvalue weighted by molar-refractivity contribution is 7.17. The van der Waals surface area contributed by atoms with Gasteiger partial charge in [0.25, 0.3) is 5.91 Å². The van der Waals surface area contributed by atoms with Crippen LogP contribution in [0.15, 0.2) is 0 Å². The van der Waals surface area contributed by atoms with Crippen molar-refractivity contribution >= 4 is 28.8 Å². The fraction of sp³-hybridized carbons (Fsp3) is 0.727. The number of halogens is 1. The lowest BCUT2D eigenvalue weighted by Crippen LogP contribution is -2.36. The molecule has 1 aliphatic carbocycles. The zero-order valence-electron chi connectivity index (χ0n) is 9.86. The van der Waals surface area contributed by atoms with Crippen molar-refractivity contribution in [3.05, 3.63) is 9.47 Å². The van der Waals surface area contributed by atoms with E-state index in [1.54, 1.807) is 0 Å². The monoisotopic (exact) mass is 273 g/mol. The standard InChI is InChI=1S/C11H16ClN3OS/c1-15(8-6-4-2-3-5-7-8)10(16)9-13-14-11(12)17-9/h8H,2-7H2,1H3. The van der Waals surface area contributed by atoms with Crippen molar-refractivity contribution in [3.63, 3.8) is 0 Å². The summed E-state index contributed by atoms with van der Waals surface area (Å²) in [5.74, 6) is -0.0544. The minimum Gasteiger partial charge on any atom is -0.337 e. The van der Waals surface area contributed by atoms with Gasteiger partial charge in [-0.1, -0.05) is 37.0 Å². The Morgan fingerprint density at radius 1 is 1.29 bits per heavy atom. The van der Waals surface area contributed by atoms with Gasteiger partial charge in [-0.3, -0.25) is 4.79 Å². The van der Waals surface area contributed by atoms with E-state index < -0.39 is 0 Å². The molecule has 17 heavy (non-hydrogen) atoms. The van der Waals surface area contributed by atoms with Gasteiger partial charge in [-0.15, -0.1) is 10.2 Å². The highest BCUT2D eigenvalue weighted by Crippen LogP contribution is 2.23. The molecule has 4 nitrogen and oxygen atoms in total. The average molecular weight is 274 g/mol. The van der Waals surface area contributed by atoms with Crippen molar-refractivity contribution < 1.29 is 4.79 Å². The molecule has 6 heteroatoms. The Hall–Kier alpha value is -0.680. The summed E-state index contributed by atoms with van der Waals surface area (Å²) in [5.41, 5.74) is 0. The van der Waals surface area contributed by atoms with Crippen LogP contribution in [0.4, 0.5) is 0 Å². The Labute approximate surface area is 110 Å². The molecule has 0 saturated heterocycles. The van der Waals surface area contributed by atoms with Gasteiger partial charge in [0.05, 0.1) is 0 Å². The number of carbonyl (C=O) groups excluding carboxylic acids is 1. The SMILES string of the molecule is CN(C(=O)c1nnc(Cl)s1)C1CCCCCC1.